The van der Waals surface area contributed by atoms with E-state index in [4.69, 9.17) is 4.74 Å². The molecule has 3 aromatic rings. The van der Waals surface area contributed by atoms with Crippen LogP contribution in [0.3, 0.4) is 0 Å². The molecule has 29 heavy (non-hydrogen) atoms. The fraction of sp³-hybridized carbons (Fsp3) is 0.0952. The van der Waals surface area contributed by atoms with Crippen molar-refractivity contribution in [2.75, 3.05) is 12.3 Å². The van der Waals surface area contributed by atoms with Crippen molar-refractivity contribution in [3.63, 3.8) is 0 Å². The van der Waals surface area contributed by atoms with Gasteiger partial charge < -0.3 is 4.74 Å². The van der Waals surface area contributed by atoms with Gasteiger partial charge in [-0.05, 0) is 47.5 Å². The maximum absolute atomic E-state index is 12.6. The number of nitrogens with zero attached hydrogens (tertiary/aromatic N) is 3. The largest absolute Gasteiger partial charge is 0.496 e. The summed E-state index contributed by atoms with van der Waals surface area (Å²) in [5.41, 5.74) is 2.71. The fourth-order valence-electron chi connectivity index (χ4n) is 3.32. The molecule has 0 unspecified atom stereocenters. The van der Waals surface area contributed by atoms with Gasteiger partial charge in [-0.2, -0.15) is 0 Å². The number of carbonyl (C=O) groups excluding carboxylic acids is 2. The second-order valence-electron chi connectivity index (χ2n) is 6.47. The number of hydrogen-bond donors (Lipinski definition) is 2. The molecule has 0 saturated heterocycles. The first-order valence-corrected chi connectivity index (χ1v) is 8.76. The van der Waals surface area contributed by atoms with Gasteiger partial charge in [0.05, 0.1) is 24.9 Å². The molecule has 2 N–H and O–H groups in total. The van der Waals surface area contributed by atoms with Gasteiger partial charge in [0.25, 0.3) is 11.8 Å². The predicted molar refractivity (Wildman–Crippen MR) is 103 cm³/mol. The van der Waals surface area contributed by atoms with E-state index in [9.17, 15) is 20.0 Å². The highest BCUT2D eigenvalue weighted by Gasteiger charge is 2.36. The van der Waals surface area contributed by atoms with Crippen LogP contribution >= 0.6 is 0 Å². The Hall–Kier alpha value is -3.75. The second kappa shape index (κ2) is 7.34. The molecule has 1 aliphatic heterocycles. The lowest BCUT2D eigenvalue weighted by atomic mass is 10.0. The number of amides is 2. The maximum Gasteiger partial charge on any atom is 0.280 e. The third-order valence-corrected chi connectivity index (χ3v) is 4.72. The zero-order valence-corrected chi connectivity index (χ0v) is 15.4. The number of benzene rings is 2. The van der Waals surface area contributed by atoms with Crippen LogP contribution in [-0.2, 0) is 6.54 Å². The zero-order valence-electron chi connectivity index (χ0n) is 15.4. The van der Waals surface area contributed by atoms with E-state index in [2.05, 4.69) is 4.98 Å². The average molecular weight is 391 g/mol. The van der Waals surface area contributed by atoms with Gasteiger partial charge in [0.1, 0.15) is 11.4 Å². The van der Waals surface area contributed by atoms with Crippen molar-refractivity contribution in [2.45, 2.75) is 6.54 Å². The molecule has 0 aliphatic carbocycles. The molecule has 146 valence electrons. The van der Waals surface area contributed by atoms with E-state index in [-0.39, 0.29) is 29.1 Å². The lowest BCUT2D eigenvalue weighted by Crippen LogP contribution is -2.29. The van der Waals surface area contributed by atoms with Crippen LogP contribution in [0, 0.1) is 0 Å². The Balaban J connectivity index is 1.69. The summed E-state index contributed by atoms with van der Waals surface area (Å²) >= 11 is 0. The Kier molecular flexibility index (Phi) is 4.71. The molecule has 1 aromatic heterocycles. The molecule has 2 aromatic carbocycles. The minimum absolute atomic E-state index is 0.0333. The van der Waals surface area contributed by atoms with E-state index < -0.39 is 5.91 Å². The lowest BCUT2D eigenvalue weighted by molar-refractivity contribution is 0.0291. The zero-order chi connectivity index (χ0) is 20.5. The highest BCUT2D eigenvalue weighted by atomic mass is 16.8. The molecule has 0 fully saturated rings. The Labute approximate surface area is 166 Å². The van der Waals surface area contributed by atoms with Gasteiger partial charge in [0.2, 0.25) is 0 Å². The van der Waals surface area contributed by atoms with Crippen molar-refractivity contribution in [3.05, 3.63) is 77.6 Å². The highest BCUT2D eigenvalue weighted by Crippen LogP contribution is 2.33. The van der Waals surface area contributed by atoms with Crippen LogP contribution in [0.4, 0.5) is 5.69 Å². The van der Waals surface area contributed by atoms with Gasteiger partial charge in [-0.15, -0.1) is 5.23 Å². The smallest absolute Gasteiger partial charge is 0.280 e. The lowest BCUT2D eigenvalue weighted by Gasteiger charge is -2.17. The first kappa shape index (κ1) is 18.6. The van der Waals surface area contributed by atoms with Crippen molar-refractivity contribution in [1.29, 1.82) is 0 Å². The van der Waals surface area contributed by atoms with Crippen molar-refractivity contribution >= 4 is 17.5 Å². The molecule has 0 atom stereocenters. The van der Waals surface area contributed by atoms with Gasteiger partial charge in [-0.3, -0.25) is 29.9 Å². The summed E-state index contributed by atoms with van der Waals surface area (Å²) in [6.07, 6.45) is 1.48. The highest BCUT2D eigenvalue weighted by molar-refractivity contribution is 6.20. The SMILES string of the molecule is COc1ccc(CN2C(=O)c3cccnc3C2=O)cc1-c1cccc(N(O)O)c1. The van der Waals surface area contributed by atoms with Gasteiger partial charge in [-0.1, -0.05) is 18.2 Å². The third kappa shape index (κ3) is 3.31. The van der Waals surface area contributed by atoms with E-state index in [0.29, 0.717) is 28.0 Å². The molecule has 0 spiro atoms. The van der Waals surface area contributed by atoms with E-state index in [1.807, 2.05) is 0 Å². The standard InChI is InChI=1S/C21H17N3O5/c1-29-18-8-7-13(10-17(18)14-4-2-5-15(11-14)24(27)28)12-23-20(25)16-6-3-9-22-19(16)21(23)26/h2-11,27-28H,12H2,1H3. The van der Waals surface area contributed by atoms with Crippen LogP contribution < -0.4 is 9.96 Å². The number of aromatic nitrogens is 1. The number of methoxy groups -OCH3 is 1. The molecular formula is C21H17N3O5. The Morgan fingerprint density at radius 1 is 1.00 bits per heavy atom. The minimum Gasteiger partial charge on any atom is -0.496 e. The Morgan fingerprint density at radius 3 is 2.55 bits per heavy atom. The molecule has 8 nitrogen and oxygen atoms in total. The summed E-state index contributed by atoms with van der Waals surface area (Å²) in [6, 6.07) is 15.1. The number of rotatable bonds is 5. The number of anilines is 1. The summed E-state index contributed by atoms with van der Waals surface area (Å²) in [5.74, 6) is -0.243. The summed E-state index contributed by atoms with van der Waals surface area (Å²) < 4.78 is 5.42. The number of carbonyl (C=O) groups is 2. The fourth-order valence-corrected chi connectivity index (χ4v) is 3.32. The van der Waals surface area contributed by atoms with Gasteiger partial charge in [0, 0.05) is 11.8 Å². The molecule has 1 aliphatic rings. The molecule has 0 bridgehead atoms. The molecule has 0 saturated carbocycles. The van der Waals surface area contributed by atoms with Crippen molar-refractivity contribution in [2.24, 2.45) is 0 Å². The first-order chi connectivity index (χ1) is 14.0. The van der Waals surface area contributed by atoms with Gasteiger partial charge in [-0.25, -0.2) is 0 Å². The minimum atomic E-state index is -0.429. The summed E-state index contributed by atoms with van der Waals surface area (Å²) in [6.45, 7) is 0.0802. The molecule has 0 radical (unpaired) electrons. The maximum atomic E-state index is 12.6. The predicted octanol–water partition coefficient (Wildman–Crippen LogP) is 3.14. The number of hydrogen-bond acceptors (Lipinski definition) is 7. The molecule has 4 rings (SSSR count). The van der Waals surface area contributed by atoms with Gasteiger partial charge in [0.15, 0.2) is 0 Å². The van der Waals surface area contributed by atoms with Crippen LogP contribution in [0.1, 0.15) is 26.4 Å². The van der Waals surface area contributed by atoms with E-state index in [1.165, 1.54) is 19.4 Å². The second-order valence-corrected chi connectivity index (χ2v) is 6.47. The van der Waals surface area contributed by atoms with Crippen molar-refractivity contribution in [1.82, 2.24) is 9.88 Å². The topological polar surface area (TPSA) is 103 Å². The Bertz CT molecular complexity index is 1080. The van der Waals surface area contributed by atoms with Crippen molar-refractivity contribution in [3.8, 4) is 16.9 Å². The molecule has 2 amide bonds. The molecular weight excluding hydrogens is 374 g/mol. The van der Waals surface area contributed by atoms with Crippen molar-refractivity contribution < 1.29 is 24.7 Å². The number of fused-ring (bicyclic) bond motifs is 1. The van der Waals surface area contributed by atoms with Crippen LogP contribution in [0.5, 0.6) is 5.75 Å². The van der Waals surface area contributed by atoms with E-state index in [1.54, 1.807) is 48.5 Å². The van der Waals surface area contributed by atoms with Crippen LogP contribution in [0.2, 0.25) is 0 Å². The average Bonchev–Trinajstić information content (AvgIpc) is 2.99. The van der Waals surface area contributed by atoms with Crippen LogP contribution in [-0.4, -0.2) is 39.2 Å². The van der Waals surface area contributed by atoms with Gasteiger partial charge >= 0.3 is 0 Å². The quantitative estimate of drug-likeness (QED) is 0.509. The monoisotopic (exact) mass is 391 g/mol. The van der Waals surface area contributed by atoms with E-state index in [0.717, 1.165) is 4.90 Å². The van der Waals surface area contributed by atoms with Crippen LogP contribution in [0.15, 0.2) is 60.8 Å². The summed E-state index contributed by atoms with van der Waals surface area (Å²) in [5, 5.41) is 18.6. The number of imide groups is 1. The molecule has 8 heteroatoms. The number of pyridine rings is 1. The number of ether oxygens (including phenoxy) is 1. The molecule has 2 heterocycles. The summed E-state index contributed by atoms with van der Waals surface area (Å²) in [7, 11) is 1.53. The van der Waals surface area contributed by atoms with Crippen LogP contribution in [0.25, 0.3) is 11.1 Å². The normalized spacial score (nSPS) is 12.9. The summed E-state index contributed by atoms with van der Waals surface area (Å²) in [4.78, 5) is 30.3. The Morgan fingerprint density at radius 2 is 1.83 bits per heavy atom. The first-order valence-electron chi connectivity index (χ1n) is 8.76. The van der Waals surface area contributed by atoms with E-state index >= 15 is 0 Å². The third-order valence-electron chi connectivity index (χ3n) is 4.72.